The normalized spacial score (nSPS) is 17.7. The van der Waals surface area contributed by atoms with Gasteiger partial charge < -0.3 is 24.9 Å². The molecule has 9 heteroatoms. The van der Waals surface area contributed by atoms with Crippen molar-refractivity contribution in [3.05, 3.63) is 30.8 Å². The summed E-state index contributed by atoms with van der Waals surface area (Å²) in [7, 11) is 1.56. The van der Waals surface area contributed by atoms with Crippen LogP contribution in [0.25, 0.3) is 11.3 Å². The number of hydrogen-bond donors (Lipinski definition) is 3. The molecule has 9 nitrogen and oxygen atoms in total. The van der Waals surface area contributed by atoms with Gasteiger partial charge in [0.25, 0.3) is 0 Å². The number of carbonyl (C=O) groups excluding carboxylic acids is 1. The molecule has 1 saturated heterocycles. The van der Waals surface area contributed by atoms with E-state index in [2.05, 4.69) is 34.4 Å². The minimum absolute atomic E-state index is 0.117. The molecule has 0 spiro atoms. The van der Waals surface area contributed by atoms with Crippen molar-refractivity contribution in [2.45, 2.75) is 38.8 Å². The molecule has 0 aliphatic carbocycles. The number of hydrogen-bond acceptors (Lipinski definition) is 6. The molecule has 1 aliphatic rings. The first-order valence-corrected chi connectivity index (χ1v) is 9.98. The molecule has 30 heavy (non-hydrogen) atoms. The van der Waals surface area contributed by atoms with Gasteiger partial charge in [-0.25, -0.2) is 9.78 Å². The summed E-state index contributed by atoms with van der Waals surface area (Å²) in [5.41, 5.74) is 1.36. The first kappa shape index (κ1) is 21.6. The maximum atomic E-state index is 13.1. The topological polar surface area (TPSA) is 117 Å². The second-order valence-corrected chi connectivity index (χ2v) is 7.85. The molecule has 2 heterocycles. The van der Waals surface area contributed by atoms with Gasteiger partial charge >= 0.3 is 6.09 Å². The van der Waals surface area contributed by atoms with E-state index in [0.717, 1.165) is 5.56 Å². The fourth-order valence-electron chi connectivity index (χ4n) is 3.78. The molecule has 0 saturated carbocycles. The molecule has 1 aliphatic heterocycles. The number of carboxylic acid groups (broad SMARTS) is 1. The molecule has 2 amide bonds. The van der Waals surface area contributed by atoms with Crippen molar-refractivity contribution in [1.82, 2.24) is 15.2 Å². The summed E-state index contributed by atoms with van der Waals surface area (Å²) in [5, 5.41) is 14.5. The predicted molar refractivity (Wildman–Crippen MR) is 112 cm³/mol. The van der Waals surface area contributed by atoms with E-state index >= 15 is 0 Å². The Hall–Kier alpha value is -3.07. The second kappa shape index (κ2) is 9.62. The number of likely N-dealkylation sites (tertiary alicyclic amines) is 1. The summed E-state index contributed by atoms with van der Waals surface area (Å²) < 4.78 is 10.8. The zero-order chi connectivity index (χ0) is 21.7. The maximum absolute atomic E-state index is 13.1. The van der Waals surface area contributed by atoms with Gasteiger partial charge in [0.2, 0.25) is 5.91 Å². The van der Waals surface area contributed by atoms with Crippen LogP contribution in [-0.4, -0.2) is 59.3 Å². The summed E-state index contributed by atoms with van der Waals surface area (Å²) >= 11 is 0. The molecule has 1 fully saturated rings. The van der Waals surface area contributed by atoms with Gasteiger partial charge in [0, 0.05) is 30.9 Å². The van der Waals surface area contributed by atoms with E-state index in [9.17, 15) is 9.59 Å². The molecule has 3 rings (SSSR count). The van der Waals surface area contributed by atoms with Crippen LogP contribution in [0.2, 0.25) is 0 Å². The summed E-state index contributed by atoms with van der Waals surface area (Å²) in [4.78, 5) is 30.0. The highest BCUT2D eigenvalue weighted by atomic mass is 16.5. The minimum Gasteiger partial charge on any atom is -0.496 e. The molecule has 0 radical (unpaired) electrons. The highest BCUT2D eigenvalue weighted by Crippen LogP contribution is 2.32. The van der Waals surface area contributed by atoms with Crippen molar-refractivity contribution in [3.63, 3.8) is 0 Å². The molecular weight excluding hydrogens is 388 g/mol. The summed E-state index contributed by atoms with van der Waals surface area (Å²) in [6.07, 6.45) is 3.28. The fourth-order valence-corrected chi connectivity index (χ4v) is 3.78. The largest absolute Gasteiger partial charge is 0.496 e. The third-order valence-corrected chi connectivity index (χ3v) is 5.15. The Balaban J connectivity index is 1.73. The quantitative estimate of drug-likeness (QED) is 0.605. The van der Waals surface area contributed by atoms with Gasteiger partial charge in [0.15, 0.2) is 12.2 Å². The highest BCUT2D eigenvalue weighted by Gasteiger charge is 2.33. The standard InChI is InChI=1S/C21H28N4O5/c1-13(2)8-17(25-7-6-15(11-25)24-21(27)28)20(26)23-14-4-5-16(18(9-14)29-3)19-10-22-12-30-19/h4-5,9-10,12-13,15,17,24H,6-8,11H2,1-3H3,(H,23,26)(H,27,28). The number of nitrogens with one attached hydrogen (secondary N) is 2. The number of oxazole rings is 1. The Morgan fingerprint density at radius 3 is 2.83 bits per heavy atom. The Kier molecular flexibility index (Phi) is 6.94. The van der Waals surface area contributed by atoms with Crippen LogP contribution in [0.4, 0.5) is 10.5 Å². The molecule has 1 aromatic heterocycles. The Bertz CT molecular complexity index is 868. The maximum Gasteiger partial charge on any atom is 0.404 e. The minimum atomic E-state index is -1.04. The third-order valence-electron chi connectivity index (χ3n) is 5.15. The average molecular weight is 416 g/mol. The first-order chi connectivity index (χ1) is 14.4. The molecule has 0 bridgehead atoms. The van der Waals surface area contributed by atoms with Crippen LogP contribution >= 0.6 is 0 Å². The van der Waals surface area contributed by atoms with E-state index in [1.165, 1.54) is 6.39 Å². The van der Waals surface area contributed by atoms with E-state index in [1.54, 1.807) is 25.4 Å². The molecule has 2 atom stereocenters. The van der Waals surface area contributed by atoms with Crippen LogP contribution in [0.1, 0.15) is 26.7 Å². The molecule has 3 N–H and O–H groups in total. The van der Waals surface area contributed by atoms with Crippen molar-refractivity contribution >= 4 is 17.7 Å². The van der Waals surface area contributed by atoms with E-state index < -0.39 is 6.09 Å². The van der Waals surface area contributed by atoms with Crippen molar-refractivity contribution in [2.24, 2.45) is 5.92 Å². The number of methoxy groups -OCH3 is 1. The Labute approximate surface area is 175 Å². The lowest BCUT2D eigenvalue weighted by atomic mass is 10.0. The number of anilines is 1. The molecule has 1 aromatic carbocycles. The number of benzene rings is 1. The van der Waals surface area contributed by atoms with Crippen LogP contribution in [0.15, 0.2) is 35.2 Å². The van der Waals surface area contributed by atoms with Crippen LogP contribution < -0.4 is 15.4 Å². The summed E-state index contributed by atoms with van der Waals surface area (Å²) in [6.45, 7) is 5.32. The van der Waals surface area contributed by atoms with Gasteiger partial charge in [0.05, 0.1) is 24.9 Å². The lowest BCUT2D eigenvalue weighted by molar-refractivity contribution is -0.121. The lowest BCUT2D eigenvalue weighted by Gasteiger charge is -2.28. The van der Waals surface area contributed by atoms with Crippen molar-refractivity contribution in [1.29, 1.82) is 0 Å². The predicted octanol–water partition coefficient (Wildman–Crippen LogP) is 3.05. The van der Waals surface area contributed by atoms with Crippen LogP contribution in [0.3, 0.4) is 0 Å². The van der Waals surface area contributed by atoms with Gasteiger partial charge in [-0.1, -0.05) is 13.8 Å². The van der Waals surface area contributed by atoms with Crippen molar-refractivity contribution in [2.75, 3.05) is 25.5 Å². The number of nitrogens with zero attached hydrogens (tertiary/aromatic N) is 2. The number of ether oxygens (including phenoxy) is 1. The number of carbonyl (C=O) groups is 2. The van der Waals surface area contributed by atoms with Crippen molar-refractivity contribution < 1.29 is 23.8 Å². The smallest absolute Gasteiger partial charge is 0.404 e. The number of rotatable bonds is 8. The van der Waals surface area contributed by atoms with Crippen molar-refractivity contribution in [3.8, 4) is 17.1 Å². The van der Waals surface area contributed by atoms with E-state index in [-0.39, 0.29) is 18.0 Å². The third kappa shape index (κ3) is 5.29. The van der Waals surface area contributed by atoms with Crippen LogP contribution in [0, 0.1) is 5.92 Å². The summed E-state index contributed by atoms with van der Waals surface area (Å²) in [5.74, 6) is 1.35. The van der Waals surface area contributed by atoms with Gasteiger partial charge in [-0.15, -0.1) is 0 Å². The summed E-state index contributed by atoms with van der Waals surface area (Å²) in [6, 6.07) is 4.86. The number of amides is 2. The molecular formula is C21H28N4O5. The zero-order valence-corrected chi connectivity index (χ0v) is 17.4. The second-order valence-electron chi connectivity index (χ2n) is 7.85. The fraction of sp³-hybridized carbons (Fsp3) is 0.476. The van der Waals surface area contributed by atoms with Crippen LogP contribution in [0.5, 0.6) is 5.75 Å². The number of aromatic nitrogens is 1. The average Bonchev–Trinajstić information content (AvgIpc) is 3.37. The zero-order valence-electron chi connectivity index (χ0n) is 17.4. The Morgan fingerprint density at radius 2 is 2.20 bits per heavy atom. The lowest BCUT2D eigenvalue weighted by Crippen LogP contribution is -2.45. The van der Waals surface area contributed by atoms with Gasteiger partial charge in [-0.05, 0) is 30.9 Å². The Morgan fingerprint density at radius 1 is 1.40 bits per heavy atom. The molecule has 2 aromatic rings. The SMILES string of the molecule is COc1cc(NC(=O)C(CC(C)C)N2CCC(NC(=O)O)C2)ccc1-c1cnco1. The van der Waals surface area contributed by atoms with Gasteiger partial charge in [-0.3, -0.25) is 9.69 Å². The highest BCUT2D eigenvalue weighted by molar-refractivity contribution is 5.95. The molecule has 2 unspecified atom stereocenters. The van der Waals surface area contributed by atoms with Gasteiger partial charge in [0.1, 0.15) is 5.75 Å². The van der Waals surface area contributed by atoms with E-state index in [4.69, 9.17) is 14.3 Å². The van der Waals surface area contributed by atoms with Gasteiger partial charge in [-0.2, -0.15) is 0 Å². The molecule has 162 valence electrons. The van der Waals surface area contributed by atoms with Crippen LogP contribution in [-0.2, 0) is 4.79 Å². The first-order valence-electron chi connectivity index (χ1n) is 9.98. The monoisotopic (exact) mass is 416 g/mol. The van der Waals surface area contributed by atoms with E-state index in [1.807, 2.05) is 6.07 Å². The van der Waals surface area contributed by atoms with E-state index in [0.29, 0.717) is 49.0 Å².